The number of carbonyl (C=O) groups is 1. The van der Waals surface area contributed by atoms with E-state index in [1.807, 2.05) is 24.5 Å². The molecule has 0 radical (unpaired) electrons. The minimum absolute atomic E-state index is 0.0594. The third kappa shape index (κ3) is 3.22. The summed E-state index contributed by atoms with van der Waals surface area (Å²) in [7, 11) is 0. The number of hydrogen-bond acceptors (Lipinski definition) is 3. The first-order valence-electron chi connectivity index (χ1n) is 4.36. The minimum atomic E-state index is -0.884. The second-order valence-corrected chi connectivity index (χ2v) is 4.76. The topological polar surface area (TPSA) is 63.3 Å². The van der Waals surface area contributed by atoms with Gasteiger partial charge >= 0.3 is 5.97 Å². The van der Waals surface area contributed by atoms with Crippen molar-refractivity contribution >= 4 is 33.7 Å². The lowest BCUT2D eigenvalue weighted by Crippen LogP contribution is -2.16. The summed E-state index contributed by atoms with van der Waals surface area (Å²) in [6.07, 6.45) is 1.88. The predicted molar refractivity (Wildman–Crippen MR) is 65.1 cm³/mol. The van der Waals surface area contributed by atoms with Gasteiger partial charge in [0.1, 0.15) is 0 Å². The van der Waals surface area contributed by atoms with Crippen molar-refractivity contribution in [2.75, 3.05) is 6.26 Å². The van der Waals surface area contributed by atoms with Crippen molar-refractivity contribution in [3.05, 3.63) is 28.2 Å². The molecule has 0 amide bonds. The summed E-state index contributed by atoms with van der Waals surface area (Å²) in [5.41, 5.74) is 6.72. The zero-order chi connectivity index (χ0) is 11.4. The highest BCUT2D eigenvalue weighted by Crippen LogP contribution is 2.32. The molecule has 1 unspecified atom stereocenters. The Hall–Kier alpha value is -0.520. The van der Waals surface area contributed by atoms with Crippen LogP contribution < -0.4 is 5.73 Å². The van der Waals surface area contributed by atoms with E-state index in [1.54, 1.807) is 11.8 Å². The quantitative estimate of drug-likeness (QED) is 0.837. The average Bonchev–Trinajstić information content (AvgIpc) is 2.15. The molecule has 0 saturated heterocycles. The Morgan fingerprint density at radius 1 is 1.67 bits per heavy atom. The molecular weight excluding hydrogens is 278 g/mol. The fourth-order valence-electron chi connectivity index (χ4n) is 1.35. The summed E-state index contributed by atoms with van der Waals surface area (Å²) in [6, 6.07) is 5.25. The van der Waals surface area contributed by atoms with E-state index in [0.29, 0.717) is 0 Å². The molecule has 0 aliphatic carbocycles. The van der Waals surface area contributed by atoms with E-state index in [4.69, 9.17) is 10.8 Å². The van der Waals surface area contributed by atoms with E-state index in [0.717, 1.165) is 14.9 Å². The Kier molecular flexibility index (Phi) is 4.63. The summed E-state index contributed by atoms with van der Waals surface area (Å²) in [4.78, 5) is 11.6. The van der Waals surface area contributed by atoms with Gasteiger partial charge in [0.2, 0.25) is 0 Å². The second kappa shape index (κ2) is 5.53. The predicted octanol–water partition coefficient (Wildman–Crippen LogP) is 2.65. The van der Waals surface area contributed by atoms with Gasteiger partial charge in [0.15, 0.2) is 0 Å². The van der Waals surface area contributed by atoms with Crippen LogP contribution in [0.4, 0.5) is 0 Å². The number of carboxylic acids is 1. The molecule has 1 aromatic rings. The van der Waals surface area contributed by atoms with Crippen LogP contribution >= 0.6 is 27.7 Å². The monoisotopic (exact) mass is 289 g/mol. The maximum atomic E-state index is 10.6. The normalized spacial score (nSPS) is 12.5. The van der Waals surface area contributed by atoms with Crippen molar-refractivity contribution in [3.63, 3.8) is 0 Å². The number of hydrogen-bond donors (Lipinski definition) is 2. The highest BCUT2D eigenvalue weighted by molar-refractivity contribution is 9.10. The standard InChI is InChI=1S/C10H12BrNO2S/c1-15-8-4-2-3-6(11)10(8)7(12)5-9(13)14/h2-4,7H,5,12H2,1H3,(H,13,14). The highest BCUT2D eigenvalue weighted by atomic mass is 79.9. The van der Waals surface area contributed by atoms with Crippen molar-refractivity contribution in [1.29, 1.82) is 0 Å². The van der Waals surface area contributed by atoms with Crippen LogP contribution in [0.1, 0.15) is 18.0 Å². The fraction of sp³-hybridized carbons (Fsp3) is 0.300. The lowest BCUT2D eigenvalue weighted by molar-refractivity contribution is -0.137. The first-order chi connectivity index (χ1) is 7.06. The summed E-state index contributed by atoms with van der Waals surface area (Å²) in [5, 5.41) is 8.70. The van der Waals surface area contributed by atoms with E-state index in [1.165, 1.54) is 0 Å². The molecule has 82 valence electrons. The number of rotatable bonds is 4. The first kappa shape index (κ1) is 12.5. The van der Waals surface area contributed by atoms with Gasteiger partial charge in [-0.1, -0.05) is 22.0 Å². The number of halogens is 1. The molecule has 1 aromatic carbocycles. The third-order valence-electron chi connectivity index (χ3n) is 2.00. The Morgan fingerprint density at radius 3 is 2.87 bits per heavy atom. The van der Waals surface area contributed by atoms with Gasteiger partial charge < -0.3 is 10.8 Å². The maximum absolute atomic E-state index is 10.6. The van der Waals surface area contributed by atoms with Gasteiger partial charge in [0, 0.05) is 15.4 Å². The van der Waals surface area contributed by atoms with E-state index < -0.39 is 12.0 Å². The minimum Gasteiger partial charge on any atom is -0.481 e. The molecule has 1 rings (SSSR count). The van der Waals surface area contributed by atoms with Gasteiger partial charge in [0.25, 0.3) is 0 Å². The lowest BCUT2D eigenvalue weighted by Gasteiger charge is -2.15. The average molecular weight is 290 g/mol. The summed E-state index contributed by atoms with van der Waals surface area (Å²) >= 11 is 4.95. The summed E-state index contributed by atoms with van der Waals surface area (Å²) < 4.78 is 0.864. The van der Waals surface area contributed by atoms with Crippen molar-refractivity contribution in [3.8, 4) is 0 Å². The fourth-order valence-corrected chi connectivity index (χ4v) is 2.83. The van der Waals surface area contributed by atoms with Gasteiger partial charge in [0.05, 0.1) is 6.42 Å². The van der Waals surface area contributed by atoms with Crippen LogP contribution in [-0.4, -0.2) is 17.3 Å². The number of aliphatic carboxylic acids is 1. The maximum Gasteiger partial charge on any atom is 0.305 e. The van der Waals surface area contributed by atoms with E-state index in [2.05, 4.69) is 15.9 Å². The van der Waals surface area contributed by atoms with Crippen LogP contribution in [0, 0.1) is 0 Å². The molecule has 5 heteroatoms. The second-order valence-electron chi connectivity index (χ2n) is 3.06. The van der Waals surface area contributed by atoms with Crippen molar-refractivity contribution < 1.29 is 9.90 Å². The third-order valence-corrected chi connectivity index (χ3v) is 3.49. The number of nitrogens with two attached hydrogens (primary N) is 1. The molecular formula is C10H12BrNO2S. The summed E-state index contributed by atoms with van der Waals surface area (Å²) in [6.45, 7) is 0. The highest BCUT2D eigenvalue weighted by Gasteiger charge is 2.16. The van der Waals surface area contributed by atoms with Gasteiger partial charge in [-0.25, -0.2) is 0 Å². The largest absolute Gasteiger partial charge is 0.481 e. The Morgan fingerprint density at radius 2 is 2.33 bits per heavy atom. The molecule has 0 aromatic heterocycles. The molecule has 0 bridgehead atoms. The van der Waals surface area contributed by atoms with Crippen LogP contribution in [-0.2, 0) is 4.79 Å². The Balaban J connectivity index is 3.05. The van der Waals surface area contributed by atoms with Crippen LogP contribution in [0.25, 0.3) is 0 Å². The molecule has 3 nitrogen and oxygen atoms in total. The van der Waals surface area contributed by atoms with Crippen LogP contribution in [0.3, 0.4) is 0 Å². The van der Waals surface area contributed by atoms with Crippen molar-refractivity contribution in [2.45, 2.75) is 17.4 Å². The van der Waals surface area contributed by atoms with Crippen LogP contribution in [0.2, 0.25) is 0 Å². The molecule has 0 saturated carbocycles. The zero-order valence-corrected chi connectivity index (χ0v) is 10.6. The number of benzene rings is 1. The molecule has 0 aliphatic rings. The molecule has 0 heterocycles. The Bertz CT molecular complexity index is 370. The van der Waals surface area contributed by atoms with Gasteiger partial charge in [-0.2, -0.15) is 0 Å². The van der Waals surface area contributed by atoms with E-state index >= 15 is 0 Å². The van der Waals surface area contributed by atoms with E-state index in [-0.39, 0.29) is 6.42 Å². The van der Waals surface area contributed by atoms with Gasteiger partial charge in [-0.15, -0.1) is 11.8 Å². The van der Waals surface area contributed by atoms with Crippen molar-refractivity contribution in [2.24, 2.45) is 5.73 Å². The van der Waals surface area contributed by atoms with Crippen LogP contribution in [0.15, 0.2) is 27.6 Å². The first-order valence-corrected chi connectivity index (χ1v) is 6.37. The molecule has 3 N–H and O–H groups in total. The molecule has 0 aliphatic heterocycles. The molecule has 0 spiro atoms. The summed E-state index contributed by atoms with van der Waals surface area (Å²) in [5.74, 6) is -0.884. The number of carboxylic acid groups (broad SMARTS) is 1. The van der Waals surface area contributed by atoms with Crippen molar-refractivity contribution in [1.82, 2.24) is 0 Å². The molecule has 1 atom stereocenters. The Labute approximate surface area is 101 Å². The van der Waals surface area contributed by atoms with Crippen LogP contribution in [0.5, 0.6) is 0 Å². The molecule has 0 fully saturated rings. The number of thioether (sulfide) groups is 1. The lowest BCUT2D eigenvalue weighted by atomic mass is 10.1. The van der Waals surface area contributed by atoms with E-state index in [9.17, 15) is 4.79 Å². The SMILES string of the molecule is CSc1cccc(Br)c1C(N)CC(=O)O. The van der Waals surface area contributed by atoms with Gasteiger partial charge in [-0.05, 0) is 24.0 Å². The zero-order valence-electron chi connectivity index (χ0n) is 8.24. The smallest absolute Gasteiger partial charge is 0.305 e. The van der Waals surface area contributed by atoms with Gasteiger partial charge in [-0.3, -0.25) is 4.79 Å². The molecule has 15 heavy (non-hydrogen) atoms.